The van der Waals surface area contributed by atoms with E-state index in [2.05, 4.69) is 91.9 Å². The molecule has 0 radical (unpaired) electrons. The summed E-state index contributed by atoms with van der Waals surface area (Å²) in [7, 11) is 1.69. The van der Waals surface area contributed by atoms with Crippen LogP contribution < -0.4 is 4.74 Å². The highest BCUT2D eigenvalue weighted by Gasteiger charge is 2.12. The Bertz CT molecular complexity index is 1400. The van der Waals surface area contributed by atoms with Gasteiger partial charge in [0.15, 0.2) is 0 Å². The van der Waals surface area contributed by atoms with Crippen LogP contribution in [0.25, 0.3) is 45.2 Å². The van der Waals surface area contributed by atoms with Crippen molar-refractivity contribution >= 4 is 33.9 Å². The highest BCUT2D eigenvalue weighted by atomic mass is 16.5. The fourth-order valence-electron chi connectivity index (χ4n) is 4.24. The number of aryl methyl sites for hydroxylation is 1. The Labute approximate surface area is 188 Å². The van der Waals surface area contributed by atoms with E-state index in [9.17, 15) is 0 Å². The molecule has 4 aromatic carbocycles. The van der Waals surface area contributed by atoms with E-state index >= 15 is 0 Å². The van der Waals surface area contributed by atoms with Gasteiger partial charge in [0, 0.05) is 16.3 Å². The number of furan rings is 1. The number of fused-ring (bicyclic) bond motifs is 3. The number of hydrogen-bond donors (Lipinski definition) is 0. The Hall–Kier alpha value is -3.78. The highest BCUT2D eigenvalue weighted by molar-refractivity contribution is 6.05. The first-order valence-corrected chi connectivity index (χ1v) is 11.1. The smallest absolute Gasteiger partial charge is 0.142 e. The second-order valence-corrected chi connectivity index (χ2v) is 8.09. The molecule has 0 amide bonds. The zero-order chi connectivity index (χ0) is 21.9. The summed E-state index contributed by atoms with van der Waals surface area (Å²) < 4.78 is 11.7. The highest BCUT2D eigenvalue weighted by Crippen LogP contribution is 2.35. The van der Waals surface area contributed by atoms with E-state index < -0.39 is 0 Å². The fourth-order valence-corrected chi connectivity index (χ4v) is 4.24. The van der Waals surface area contributed by atoms with Crippen LogP contribution in [0.3, 0.4) is 0 Å². The van der Waals surface area contributed by atoms with Crippen molar-refractivity contribution in [1.29, 1.82) is 0 Å². The third-order valence-corrected chi connectivity index (χ3v) is 5.91. The molecule has 0 atom stereocenters. The lowest BCUT2D eigenvalue weighted by Gasteiger charge is -2.08. The first-order valence-electron chi connectivity index (χ1n) is 11.1. The lowest BCUT2D eigenvalue weighted by Crippen LogP contribution is -1.90. The van der Waals surface area contributed by atoms with Crippen molar-refractivity contribution in [2.24, 2.45) is 0 Å². The molecule has 1 aromatic heterocycles. The van der Waals surface area contributed by atoms with Crippen LogP contribution in [0.1, 0.15) is 30.0 Å². The molecule has 0 bridgehead atoms. The molecule has 5 aromatic rings. The lowest BCUT2D eigenvalue weighted by atomic mass is 9.97. The topological polar surface area (TPSA) is 22.4 Å². The molecular formula is C30H26O2. The standard InChI is InChI=1S/C30H26O2/c1-3-6-24-19-22(10-9-21-11-16-26(31-2)17-12-21)13-18-27(24)29-20-25-15-14-23-7-4-5-8-28(23)30(25)32-29/h4-5,7-20H,3,6H2,1-2H3. The second kappa shape index (κ2) is 8.76. The molecule has 0 saturated heterocycles. The first-order chi connectivity index (χ1) is 15.7. The van der Waals surface area contributed by atoms with Gasteiger partial charge in [0.2, 0.25) is 0 Å². The molecule has 0 aliphatic heterocycles. The Balaban J connectivity index is 1.51. The maximum atomic E-state index is 6.42. The summed E-state index contributed by atoms with van der Waals surface area (Å²) in [6.45, 7) is 2.22. The molecule has 32 heavy (non-hydrogen) atoms. The van der Waals surface area contributed by atoms with Crippen molar-refractivity contribution in [1.82, 2.24) is 0 Å². The average Bonchev–Trinajstić information content (AvgIpc) is 3.28. The van der Waals surface area contributed by atoms with Crippen LogP contribution in [-0.2, 0) is 6.42 Å². The maximum Gasteiger partial charge on any atom is 0.142 e. The molecule has 5 rings (SSSR count). The Morgan fingerprint density at radius 1 is 0.781 bits per heavy atom. The van der Waals surface area contributed by atoms with E-state index in [0.717, 1.165) is 46.3 Å². The number of ether oxygens (including phenoxy) is 1. The lowest BCUT2D eigenvalue weighted by molar-refractivity contribution is 0.415. The van der Waals surface area contributed by atoms with Gasteiger partial charge >= 0.3 is 0 Å². The Morgan fingerprint density at radius 2 is 1.53 bits per heavy atom. The van der Waals surface area contributed by atoms with Gasteiger partial charge in [-0.05, 0) is 46.7 Å². The number of hydrogen-bond acceptors (Lipinski definition) is 2. The average molecular weight is 419 g/mol. The van der Waals surface area contributed by atoms with E-state index in [1.165, 1.54) is 22.1 Å². The van der Waals surface area contributed by atoms with Gasteiger partial charge in [-0.3, -0.25) is 0 Å². The van der Waals surface area contributed by atoms with Crippen LogP contribution in [0.2, 0.25) is 0 Å². The van der Waals surface area contributed by atoms with Gasteiger partial charge < -0.3 is 9.15 Å². The third kappa shape index (κ3) is 3.92. The van der Waals surface area contributed by atoms with E-state index in [4.69, 9.17) is 9.15 Å². The van der Waals surface area contributed by atoms with Crippen LogP contribution in [-0.4, -0.2) is 7.11 Å². The second-order valence-electron chi connectivity index (χ2n) is 8.09. The van der Waals surface area contributed by atoms with Crippen LogP contribution in [0.4, 0.5) is 0 Å². The summed E-state index contributed by atoms with van der Waals surface area (Å²) in [6.07, 6.45) is 6.40. The van der Waals surface area contributed by atoms with Crippen LogP contribution in [0.15, 0.2) is 89.3 Å². The van der Waals surface area contributed by atoms with Crippen LogP contribution >= 0.6 is 0 Å². The number of benzene rings is 4. The van der Waals surface area contributed by atoms with E-state index in [1.807, 2.05) is 12.1 Å². The summed E-state index contributed by atoms with van der Waals surface area (Å²) in [4.78, 5) is 0. The fraction of sp³-hybridized carbons (Fsp3) is 0.133. The minimum atomic E-state index is 0.871. The molecule has 0 saturated carbocycles. The van der Waals surface area contributed by atoms with E-state index in [0.29, 0.717) is 0 Å². The zero-order valence-corrected chi connectivity index (χ0v) is 18.5. The van der Waals surface area contributed by atoms with Gasteiger partial charge in [0.05, 0.1) is 7.11 Å². The first kappa shape index (κ1) is 20.1. The van der Waals surface area contributed by atoms with Gasteiger partial charge in [0.1, 0.15) is 17.1 Å². The van der Waals surface area contributed by atoms with Crippen molar-refractivity contribution in [3.8, 4) is 17.1 Å². The summed E-state index contributed by atoms with van der Waals surface area (Å²) in [6, 6.07) is 29.6. The largest absolute Gasteiger partial charge is 0.497 e. The summed E-state index contributed by atoms with van der Waals surface area (Å²) in [5, 5.41) is 3.51. The molecule has 0 spiro atoms. The Morgan fingerprint density at radius 3 is 2.34 bits per heavy atom. The summed E-state index contributed by atoms with van der Waals surface area (Å²) in [5.74, 6) is 1.81. The van der Waals surface area contributed by atoms with Gasteiger partial charge in [-0.15, -0.1) is 0 Å². The predicted octanol–water partition coefficient (Wildman–Crippen LogP) is 8.38. The zero-order valence-electron chi connectivity index (χ0n) is 18.5. The number of methoxy groups -OCH3 is 1. The molecule has 2 nitrogen and oxygen atoms in total. The van der Waals surface area contributed by atoms with Crippen LogP contribution in [0, 0.1) is 0 Å². The third-order valence-electron chi connectivity index (χ3n) is 5.91. The quantitative estimate of drug-likeness (QED) is 0.258. The van der Waals surface area contributed by atoms with Crippen molar-refractivity contribution in [2.75, 3.05) is 7.11 Å². The molecular weight excluding hydrogens is 392 g/mol. The minimum absolute atomic E-state index is 0.871. The van der Waals surface area contributed by atoms with Crippen molar-refractivity contribution in [3.63, 3.8) is 0 Å². The molecule has 1 heterocycles. The molecule has 0 N–H and O–H groups in total. The van der Waals surface area contributed by atoms with Gasteiger partial charge in [0.25, 0.3) is 0 Å². The van der Waals surface area contributed by atoms with Gasteiger partial charge in [-0.1, -0.05) is 92.2 Å². The van der Waals surface area contributed by atoms with Crippen molar-refractivity contribution < 1.29 is 9.15 Å². The van der Waals surface area contributed by atoms with Gasteiger partial charge in [-0.25, -0.2) is 0 Å². The minimum Gasteiger partial charge on any atom is -0.497 e. The molecule has 0 unspecified atom stereocenters. The molecule has 2 heteroatoms. The number of rotatable bonds is 6. The summed E-state index contributed by atoms with van der Waals surface area (Å²) in [5.41, 5.74) is 5.79. The van der Waals surface area contributed by atoms with Crippen molar-refractivity contribution in [2.45, 2.75) is 19.8 Å². The Kier molecular flexibility index (Phi) is 5.51. The molecule has 0 aliphatic carbocycles. The van der Waals surface area contributed by atoms with E-state index in [-0.39, 0.29) is 0 Å². The summed E-state index contributed by atoms with van der Waals surface area (Å²) >= 11 is 0. The normalized spacial score (nSPS) is 11.6. The van der Waals surface area contributed by atoms with E-state index in [1.54, 1.807) is 7.11 Å². The molecule has 0 aliphatic rings. The maximum absolute atomic E-state index is 6.42. The predicted molar refractivity (Wildman–Crippen MR) is 135 cm³/mol. The molecule has 0 fully saturated rings. The van der Waals surface area contributed by atoms with Crippen molar-refractivity contribution in [3.05, 3.63) is 102 Å². The monoisotopic (exact) mass is 418 g/mol. The molecule has 158 valence electrons. The van der Waals surface area contributed by atoms with Crippen LogP contribution in [0.5, 0.6) is 5.75 Å². The van der Waals surface area contributed by atoms with Gasteiger partial charge in [-0.2, -0.15) is 0 Å². The SMILES string of the molecule is CCCc1cc(C=Cc2ccc(OC)cc2)ccc1-c1cc2ccc3ccccc3c2o1.